The monoisotopic (exact) mass is 174 g/mol. The molecule has 1 nitrogen and oxygen atoms in total. The number of carbonyl (C=O) groups excluding carboxylic acids is 1. The van der Waals surface area contributed by atoms with Gasteiger partial charge in [0.25, 0.3) is 0 Å². The van der Waals surface area contributed by atoms with Gasteiger partial charge in [-0.1, -0.05) is 24.8 Å². The van der Waals surface area contributed by atoms with Crippen molar-refractivity contribution in [3.05, 3.63) is 47.0 Å². The summed E-state index contributed by atoms with van der Waals surface area (Å²) in [5.74, 6) is 0.0515. The SMILES string of the molecule is C=C(C)C(=O)c1c(C)cccc1C. The molecule has 0 unspecified atom stereocenters. The number of hydrogen-bond acceptors (Lipinski definition) is 1. The first-order chi connectivity index (χ1) is 6.04. The van der Waals surface area contributed by atoms with Crippen molar-refractivity contribution < 1.29 is 4.79 Å². The van der Waals surface area contributed by atoms with E-state index in [2.05, 4.69) is 6.58 Å². The molecule has 13 heavy (non-hydrogen) atoms. The van der Waals surface area contributed by atoms with Crippen molar-refractivity contribution in [1.29, 1.82) is 0 Å². The minimum Gasteiger partial charge on any atom is -0.289 e. The molecule has 1 rings (SSSR count). The van der Waals surface area contributed by atoms with E-state index in [1.807, 2.05) is 32.0 Å². The van der Waals surface area contributed by atoms with Gasteiger partial charge in [0.1, 0.15) is 0 Å². The average Bonchev–Trinajstić information content (AvgIpc) is 2.03. The molecule has 1 aromatic carbocycles. The van der Waals surface area contributed by atoms with Gasteiger partial charge in [-0.15, -0.1) is 0 Å². The zero-order chi connectivity index (χ0) is 10.0. The second-order valence-corrected chi connectivity index (χ2v) is 3.38. The van der Waals surface area contributed by atoms with Crippen LogP contribution in [0.25, 0.3) is 0 Å². The van der Waals surface area contributed by atoms with Gasteiger partial charge in [0.15, 0.2) is 5.78 Å². The van der Waals surface area contributed by atoms with Gasteiger partial charge in [-0.3, -0.25) is 4.79 Å². The Kier molecular flexibility index (Phi) is 2.66. The Morgan fingerprint density at radius 3 is 2.08 bits per heavy atom. The summed E-state index contributed by atoms with van der Waals surface area (Å²) in [7, 11) is 0. The summed E-state index contributed by atoms with van der Waals surface area (Å²) in [4.78, 5) is 11.7. The van der Waals surface area contributed by atoms with E-state index < -0.39 is 0 Å². The van der Waals surface area contributed by atoms with Crippen molar-refractivity contribution in [1.82, 2.24) is 0 Å². The quantitative estimate of drug-likeness (QED) is 0.497. The largest absolute Gasteiger partial charge is 0.289 e. The molecule has 0 spiro atoms. The maximum absolute atomic E-state index is 11.7. The highest BCUT2D eigenvalue weighted by atomic mass is 16.1. The first kappa shape index (κ1) is 9.72. The Morgan fingerprint density at radius 2 is 1.69 bits per heavy atom. The molecular formula is C12H14O. The lowest BCUT2D eigenvalue weighted by Gasteiger charge is -2.07. The number of benzene rings is 1. The zero-order valence-electron chi connectivity index (χ0n) is 8.35. The second-order valence-electron chi connectivity index (χ2n) is 3.38. The van der Waals surface area contributed by atoms with Gasteiger partial charge in [0, 0.05) is 5.56 Å². The molecule has 1 aromatic rings. The molecule has 0 saturated heterocycles. The van der Waals surface area contributed by atoms with Crippen molar-refractivity contribution in [3.63, 3.8) is 0 Å². The van der Waals surface area contributed by atoms with Crippen molar-refractivity contribution in [3.8, 4) is 0 Å². The summed E-state index contributed by atoms with van der Waals surface area (Å²) >= 11 is 0. The molecule has 1 heteroatoms. The van der Waals surface area contributed by atoms with Crippen molar-refractivity contribution in [2.45, 2.75) is 20.8 Å². The van der Waals surface area contributed by atoms with Crippen molar-refractivity contribution >= 4 is 5.78 Å². The van der Waals surface area contributed by atoms with Crippen molar-refractivity contribution in [2.24, 2.45) is 0 Å². The number of ketones is 1. The Morgan fingerprint density at radius 1 is 1.23 bits per heavy atom. The van der Waals surface area contributed by atoms with Gasteiger partial charge in [-0.25, -0.2) is 0 Å². The van der Waals surface area contributed by atoms with E-state index in [9.17, 15) is 4.79 Å². The topological polar surface area (TPSA) is 17.1 Å². The Labute approximate surface area is 79.1 Å². The summed E-state index contributed by atoms with van der Waals surface area (Å²) in [6.45, 7) is 9.30. The summed E-state index contributed by atoms with van der Waals surface area (Å²) in [6, 6.07) is 5.85. The van der Waals surface area contributed by atoms with Crippen LogP contribution in [0.3, 0.4) is 0 Å². The summed E-state index contributed by atoms with van der Waals surface area (Å²) in [6.07, 6.45) is 0. The minimum atomic E-state index is 0.0515. The van der Waals surface area contributed by atoms with E-state index in [0.29, 0.717) is 5.57 Å². The number of aryl methyl sites for hydroxylation is 2. The Hall–Kier alpha value is -1.37. The van der Waals surface area contributed by atoms with Crippen LogP contribution in [-0.4, -0.2) is 5.78 Å². The van der Waals surface area contributed by atoms with E-state index in [0.717, 1.165) is 16.7 Å². The Bertz CT molecular complexity index is 341. The highest BCUT2D eigenvalue weighted by Gasteiger charge is 2.11. The second kappa shape index (κ2) is 3.56. The number of Topliss-reactive ketones (excluding diaryl/α,β-unsaturated/α-hetero) is 1. The third kappa shape index (κ3) is 1.86. The first-order valence-electron chi connectivity index (χ1n) is 4.30. The molecule has 0 radical (unpaired) electrons. The highest BCUT2D eigenvalue weighted by Crippen LogP contribution is 2.16. The van der Waals surface area contributed by atoms with E-state index in [1.54, 1.807) is 6.92 Å². The predicted molar refractivity (Wildman–Crippen MR) is 55.1 cm³/mol. The van der Waals surface area contributed by atoms with Gasteiger partial charge in [-0.2, -0.15) is 0 Å². The molecule has 0 aliphatic carbocycles. The number of allylic oxidation sites excluding steroid dienone is 1. The molecule has 0 heterocycles. The van der Waals surface area contributed by atoms with Gasteiger partial charge < -0.3 is 0 Å². The summed E-state index contributed by atoms with van der Waals surface area (Å²) < 4.78 is 0. The lowest BCUT2D eigenvalue weighted by molar-refractivity contribution is 0.103. The fourth-order valence-electron chi connectivity index (χ4n) is 1.39. The minimum absolute atomic E-state index is 0.0515. The van der Waals surface area contributed by atoms with Crippen LogP contribution in [0.4, 0.5) is 0 Å². The molecule has 0 saturated carbocycles. The molecule has 0 atom stereocenters. The molecule has 0 aliphatic rings. The third-order valence-electron chi connectivity index (χ3n) is 2.10. The highest BCUT2D eigenvalue weighted by molar-refractivity contribution is 6.09. The maximum Gasteiger partial charge on any atom is 0.188 e. The Balaban J connectivity index is 3.28. The van der Waals surface area contributed by atoms with Crippen LogP contribution in [-0.2, 0) is 0 Å². The smallest absolute Gasteiger partial charge is 0.188 e. The molecule has 68 valence electrons. The van der Waals surface area contributed by atoms with Gasteiger partial charge in [0.05, 0.1) is 0 Å². The van der Waals surface area contributed by atoms with Crippen LogP contribution < -0.4 is 0 Å². The molecule has 0 fully saturated rings. The van der Waals surface area contributed by atoms with E-state index in [-0.39, 0.29) is 5.78 Å². The average molecular weight is 174 g/mol. The molecule has 0 aromatic heterocycles. The van der Waals surface area contributed by atoms with Crippen LogP contribution in [0, 0.1) is 13.8 Å². The van der Waals surface area contributed by atoms with Crippen LogP contribution in [0.2, 0.25) is 0 Å². The van der Waals surface area contributed by atoms with Crippen LogP contribution >= 0.6 is 0 Å². The molecule has 0 N–H and O–H groups in total. The van der Waals surface area contributed by atoms with Gasteiger partial charge in [-0.05, 0) is 37.5 Å². The number of rotatable bonds is 2. The normalized spacial score (nSPS) is 9.77. The fourth-order valence-corrected chi connectivity index (χ4v) is 1.39. The van der Waals surface area contributed by atoms with Gasteiger partial charge >= 0.3 is 0 Å². The standard InChI is InChI=1S/C12H14O/c1-8(2)12(13)11-9(3)6-5-7-10(11)4/h5-7H,1H2,2-4H3. The fraction of sp³-hybridized carbons (Fsp3) is 0.250. The maximum atomic E-state index is 11.7. The molecule has 0 amide bonds. The van der Waals surface area contributed by atoms with E-state index in [4.69, 9.17) is 0 Å². The predicted octanol–water partition coefficient (Wildman–Crippen LogP) is 3.06. The van der Waals surface area contributed by atoms with Crippen LogP contribution in [0.1, 0.15) is 28.4 Å². The third-order valence-corrected chi connectivity index (χ3v) is 2.10. The molecular weight excluding hydrogens is 160 g/mol. The van der Waals surface area contributed by atoms with E-state index in [1.165, 1.54) is 0 Å². The molecule has 0 bridgehead atoms. The van der Waals surface area contributed by atoms with E-state index >= 15 is 0 Å². The number of carbonyl (C=O) groups is 1. The first-order valence-corrected chi connectivity index (χ1v) is 4.30. The van der Waals surface area contributed by atoms with Crippen LogP contribution in [0.5, 0.6) is 0 Å². The van der Waals surface area contributed by atoms with Crippen LogP contribution in [0.15, 0.2) is 30.4 Å². The lowest BCUT2D eigenvalue weighted by atomic mass is 9.96. The molecule has 0 aliphatic heterocycles. The zero-order valence-corrected chi connectivity index (χ0v) is 8.35. The van der Waals surface area contributed by atoms with Crippen molar-refractivity contribution in [2.75, 3.05) is 0 Å². The summed E-state index contributed by atoms with van der Waals surface area (Å²) in [5.41, 5.74) is 3.44. The van der Waals surface area contributed by atoms with Gasteiger partial charge in [0.2, 0.25) is 0 Å². The number of hydrogen-bond donors (Lipinski definition) is 0. The lowest BCUT2D eigenvalue weighted by Crippen LogP contribution is -2.04. The summed E-state index contributed by atoms with van der Waals surface area (Å²) in [5, 5.41) is 0.